The number of rotatable bonds is 8. The minimum Gasteiger partial charge on any atom is -0.258 e. The van der Waals surface area contributed by atoms with E-state index in [2.05, 4.69) is 0 Å². The van der Waals surface area contributed by atoms with Crippen molar-refractivity contribution < 1.29 is 26.7 Å². The van der Waals surface area contributed by atoms with Gasteiger partial charge < -0.3 is 0 Å². The van der Waals surface area contributed by atoms with Crippen LogP contribution in [0.5, 0.6) is 0 Å². The van der Waals surface area contributed by atoms with Gasteiger partial charge in [-0.2, -0.15) is 0 Å². The molecule has 0 saturated carbocycles. The molecule has 12 heteroatoms. The van der Waals surface area contributed by atoms with E-state index in [9.17, 15) is 37.1 Å². The minimum atomic E-state index is -4.20. The van der Waals surface area contributed by atoms with Crippen LogP contribution in [0.3, 0.4) is 0 Å². The highest BCUT2D eigenvalue weighted by atomic mass is 32.2. The van der Waals surface area contributed by atoms with Crippen molar-refractivity contribution in [3.8, 4) is 0 Å². The van der Waals surface area contributed by atoms with Crippen LogP contribution in [0.2, 0.25) is 0 Å². The predicted molar refractivity (Wildman–Crippen MR) is 114 cm³/mol. The predicted octanol–water partition coefficient (Wildman–Crippen LogP) is 3.45. The SMILES string of the molecule is O=[N+]([O-])c1ccc(CS(=O)(=O)c2ccccc2)c([N+](=O)[O-])c1CS(=O)(=O)c1ccccc1. The summed E-state index contributed by atoms with van der Waals surface area (Å²) in [6.45, 7) is 0. The smallest absolute Gasteiger partial charge is 0.258 e. The molecule has 0 heterocycles. The fourth-order valence-corrected chi connectivity index (χ4v) is 5.93. The monoisotopic (exact) mass is 476 g/mol. The number of hydrogen-bond acceptors (Lipinski definition) is 8. The summed E-state index contributed by atoms with van der Waals surface area (Å²) in [6, 6.07) is 16.0. The van der Waals surface area contributed by atoms with Crippen molar-refractivity contribution in [2.45, 2.75) is 21.3 Å². The van der Waals surface area contributed by atoms with Crippen molar-refractivity contribution >= 4 is 31.0 Å². The zero-order valence-corrected chi connectivity index (χ0v) is 18.0. The Balaban J connectivity index is 2.18. The molecule has 0 aromatic heterocycles. The van der Waals surface area contributed by atoms with Crippen LogP contribution >= 0.6 is 0 Å². The molecule has 3 rings (SSSR count). The largest absolute Gasteiger partial charge is 0.284 e. The van der Waals surface area contributed by atoms with Gasteiger partial charge >= 0.3 is 0 Å². The Kier molecular flexibility index (Phi) is 6.37. The van der Waals surface area contributed by atoms with Gasteiger partial charge in [0.25, 0.3) is 11.4 Å². The number of nitrogens with zero attached hydrogens (tertiary/aromatic N) is 2. The van der Waals surface area contributed by atoms with Gasteiger partial charge in [0.15, 0.2) is 19.7 Å². The lowest BCUT2D eigenvalue weighted by atomic mass is 10.1. The minimum absolute atomic E-state index is 0.0916. The number of sulfone groups is 2. The Labute approximate surface area is 183 Å². The molecule has 0 unspecified atom stereocenters. The lowest BCUT2D eigenvalue weighted by Gasteiger charge is -2.10. The number of hydrogen-bond donors (Lipinski definition) is 0. The molecular formula is C20H16N2O8S2. The number of nitro groups is 2. The van der Waals surface area contributed by atoms with Crippen LogP contribution in [0.25, 0.3) is 0 Å². The maximum absolute atomic E-state index is 12.8. The highest BCUT2D eigenvalue weighted by Crippen LogP contribution is 2.36. The van der Waals surface area contributed by atoms with E-state index in [1.54, 1.807) is 12.1 Å². The normalized spacial score (nSPS) is 11.8. The number of nitro benzene ring substituents is 2. The van der Waals surface area contributed by atoms with Gasteiger partial charge in [-0.15, -0.1) is 0 Å². The second-order valence-electron chi connectivity index (χ2n) is 6.73. The van der Waals surface area contributed by atoms with E-state index in [-0.39, 0.29) is 15.4 Å². The van der Waals surface area contributed by atoms with Crippen molar-refractivity contribution in [3.05, 3.63) is 104 Å². The summed E-state index contributed by atoms with van der Waals surface area (Å²) in [5.74, 6) is -1.87. The van der Waals surface area contributed by atoms with Gasteiger partial charge in [0.2, 0.25) is 0 Å². The lowest BCUT2D eigenvalue weighted by Crippen LogP contribution is -2.13. The Morgan fingerprint density at radius 1 is 0.625 bits per heavy atom. The fourth-order valence-electron chi connectivity index (χ4n) is 3.15. The van der Waals surface area contributed by atoms with Crippen molar-refractivity contribution in [2.24, 2.45) is 0 Å². The molecular weight excluding hydrogens is 460 g/mol. The standard InChI is InChI=1S/C20H16N2O8S2/c23-21(24)19-12-11-15(13-31(27,28)16-7-3-1-4-8-16)20(22(25)26)18(19)14-32(29,30)17-9-5-2-6-10-17/h1-12H,13-14H2. The molecule has 32 heavy (non-hydrogen) atoms. The molecule has 0 aliphatic rings. The second-order valence-corrected chi connectivity index (χ2v) is 10.7. The maximum Gasteiger partial charge on any atom is 0.284 e. The zero-order chi connectivity index (χ0) is 23.5. The van der Waals surface area contributed by atoms with Crippen LogP contribution in [-0.4, -0.2) is 26.7 Å². The summed E-state index contributed by atoms with van der Waals surface area (Å²) < 4.78 is 51.1. The lowest BCUT2D eigenvalue weighted by molar-refractivity contribution is -0.395. The van der Waals surface area contributed by atoms with Crippen LogP contribution in [0.4, 0.5) is 11.4 Å². The first-order valence-electron chi connectivity index (χ1n) is 9.02. The van der Waals surface area contributed by atoms with Gasteiger partial charge in [-0.3, -0.25) is 20.2 Å². The quantitative estimate of drug-likeness (QED) is 0.354. The molecule has 0 radical (unpaired) electrons. The van der Waals surface area contributed by atoms with Crippen LogP contribution in [0.15, 0.2) is 82.6 Å². The van der Waals surface area contributed by atoms with Gasteiger partial charge in [0.05, 0.1) is 31.1 Å². The van der Waals surface area contributed by atoms with Crippen molar-refractivity contribution in [1.29, 1.82) is 0 Å². The molecule has 0 amide bonds. The Bertz CT molecular complexity index is 1390. The average molecular weight is 476 g/mol. The molecule has 3 aromatic rings. The van der Waals surface area contributed by atoms with Crippen molar-refractivity contribution in [3.63, 3.8) is 0 Å². The first-order chi connectivity index (χ1) is 15.0. The number of benzene rings is 3. The second kappa shape index (κ2) is 8.85. The molecule has 0 saturated heterocycles. The van der Waals surface area contributed by atoms with Crippen molar-refractivity contribution in [2.75, 3.05) is 0 Å². The zero-order valence-electron chi connectivity index (χ0n) is 16.3. The third-order valence-corrected chi connectivity index (χ3v) is 7.95. The molecule has 0 aliphatic heterocycles. The summed E-state index contributed by atoms with van der Waals surface area (Å²) in [4.78, 5) is 21.2. The Morgan fingerprint density at radius 2 is 1.09 bits per heavy atom. The fraction of sp³-hybridized carbons (Fsp3) is 0.100. The van der Waals surface area contributed by atoms with Crippen LogP contribution in [0.1, 0.15) is 11.1 Å². The molecule has 0 atom stereocenters. The average Bonchev–Trinajstić information content (AvgIpc) is 2.74. The molecule has 0 aliphatic carbocycles. The van der Waals surface area contributed by atoms with E-state index in [1.807, 2.05) is 0 Å². The van der Waals surface area contributed by atoms with Gasteiger partial charge in [0.1, 0.15) is 5.56 Å². The van der Waals surface area contributed by atoms with Gasteiger partial charge in [-0.1, -0.05) is 36.4 Å². The van der Waals surface area contributed by atoms with Gasteiger partial charge in [-0.05, 0) is 30.3 Å². The van der Waals surface area contributed by atoms with E-state index >= 15 is 0 Å². The highest BCUT2D eigenvalue weighted by Gasteiger charge is 2.34. The summed E-state index contributed by atoms with van der Waals surface area (Å²) in [7, 11) is -8.24. The maximum atomic E-state index is 12.8. The van der Waals surface area contributed by atoms with E-state index in [1.165, 1.54) is 48.5 Å². The third-order valence-electron chi connectivity index (χ3n) is 4.61. The van der Waals surface area contributed by atoms with Gasteiger partial charge in [-0.25, -0.2) is 16.8 Å². The Hall–Kier alpha value is -3.64. The Morgan fingerprint density at radius 3 is 1.53 bits per heavy atom. The van der Waals surface area contributed by atoms with E-state index < -0.39 is 58.0 Å². The summed E-state index contributed by atoms with van der Waals surface area (Å²) in [5, 5.41) is 23.4. The van der Waals surface area contributed by atoms with Crippen LogP contribution in [-0.2, 0) is 31.2 Å². The molecule has 3 aromatic carbocycles. The highest BCUT2D eigenvalue weighted by molar-refractivity contribution is 7.91. The molecule has 0 bridgehead atoms. The molecule has 166 valence electrons. The molecule has 10 nitrogen and oxygen atoms in total. The van der Waals surface area contributed by atoms with Gasteiger partial charge in [0, 0.05) is 11.6 Å². The van der Waals surface area contributed by atoms with E-state index in [0.717, 1.165) is 12.1 Å². The summed E-state index contributed by atoms with van der Waals surface area (Å²) in [6.07, 6.45) is 0. The molecule has 0 spiro atoms. The van der Waals surface area contributed by atoms with Crippen molar-refractivity contribution in [1.82, 2.24) is 0 Å². The molecule has 0 fully saturated rings. The first-order valence-corrected chi connectivity index (χ1v) is 12.3. The first kappa shape index (κ1) is 23.0. The third kappa shape index (κ3) is 4.81. The van der Waals surface area contributed by atoms with Crippen LogP contribution < -0.4 is 0 Å². The topological polar surface area (TPSA) is 155 Å². The van der Waals surface area contributed by atoms with Crippen LogP contribution in [0, 0.1) is 20.2 Å². The molecule has 0 N–H and O–H groups in total. The van der Waals surface area contributed by atoms with E-state index in [0.29, 0.717) is 0 Å². The summed E-state index contributed by atoms with van der Waals surface area (Å²) >= 11 is 0. The van der Waals surface area contributed by atoms with E-state index in [4.69, 9.17) is 0 Å². The summed E-state index contributed by atoms with van der Waals surface area (Å²) in [5.41, 5.74) is -2.71.